The van der Waals surface area contributed by atoms with E-state index in [-0.39, 0.29) is 21.2 Å². The van der Waals surface area contributed by atoms with Gasteiger partial charge >= 0.3 is 6.03 Å². The van der Waals surface area contributed by atoms with Crippen molar-refractivity contribution in [3.05, 3.63) is 66.2 Å². The van der Waals surface area contributed by atoms with E-state index in [0.29, 0.717) is 5.69 Å². The third kappa shape index (κ3) is 3.69. The summed E-state index contributed by atoms with van der Waals surface area (Å²) in [4.78, 5) is 22.4. The molecule has 0 bridgehead atoms. The van der Waals surface area contributed by atoms with Crippen LogP contribution in [0.15, 0.2) is 64.5 Å². The molecule has 1 heterocycles. The summed E-state index contributed by atoms with van der Waals surface area (Å²) in [5.41, 5.74) is 10.5. The Morgan fingerprint density at radius 1 is 0.964 bits per heavy atom. The first-order valence-electron chi connectivity index (χ1n) is 7.75. The molecule has 9 nitrogen and oxygen atoms in total. The maximum atomic E-state index is 13.0. The van der Waals surface area contributed by atoms with Crippen molar-refractivity contribution in [2.45, 2.75) is 9.79 Å². The summed E-state index contributed by atoms with van der Waals surface area (Å²) in [5, 5.41) is 6.21. The van der Waals surface area contributed by atoms with Gasteiger partial charge in [0.2, 0.25) is 9.84 Å². The lowest BCUT2D eigenvalue weighted by molar-refractivity contribution is 0.0996. The molecule has 0 atom stereocenters. The largest absolute Gasteiger partial charge is 0.364 e. The molecule has 0 aliphatic carbocycles. The van der Waals surface area contributed by atoms with Gasteiger partial charge in [-0.15, -0.1) is 0 Å². The minimum atomic E-state index is -3.83. The van der Waals surface area contributed by atoms with Crippen LogP contribution in [0.2, 0.25) is 0 Å². The first-order valence-corrected chi connectivity index (χ1v) is 9.24. The number of rotatable bonds is 5. The van der Waals surface area contributed by atoms with Crippen LogP contribution in [0.3, 0.4) is 0 Å². The molecule has 1 aromatic heterocycles. The highest BCUT2D eigenvalue weighted by atomic mass is 32.2. The molecule has 2 aromatic carbocycles. The SMILES string of the molecule is NC(=O)Nc1cn(-c2ccc(S(=O)(=O)c3ccc(F)cc3)cc2)nc1C(N)=O. The fourth-order valence-electron chi connectivity index (χ4n) is 2.44. The molecular weight excluding hydrogens is 389 g/mol. The number of carbonyl (C=O) groups excluding carboxylic acids is 2. The third-order valence-electron chi connectivity index (χ3n) is 3.74. The van der Waals surface area contributed by atoms with Gasteiger partial charge in [-0.05, 0) is 48.5 Å². The van der Waals surface area contributed by atoms with Crippen LogP contribution in [0.4, 0.5) is 14.9 Å². The molecule has 5 N–H and O–H groups in total. The van der Waals surface area contributed by atoms with Gasteiger partial charge in [0, 0.05) is 0 Å². The number of nitrogens with zero attached hydrogens (tertiary/aromatic N) is 2. The van der Waals surface area contributed by atoms with Gasteiger partial charge < -0.3 is 16.8 Å². The van der Waals surface area contributed by atoms with Crippen molar-refractivity contribution in [1.82, 2.24) is 9.78 Å². The molecule has 3 rings (SSSR count). The Hall–Kier alpha value is -3.73. The number of halogens is 1. The maximum absolute atomic E-state index is 13.0. The van der Waals surface area contributed by atoms with Crippen LogP contribution >= 0.6 is 0 Å². The average Bonchev–Trinajstić information content (AvgIpc) is 3.05. The van der Waals surface area contributed by atoms with E-state index >= 15 is 0 Å². The second-order valence-corrected chi connectivity index (χ2v) is 7.59. The van der Waals surface area contributed by atoms with E-state index in [1.54, 1.807) is 0 Å². The molecule has 0 radical (unpaired) electrons. The van der Waals surface area contributed by atoms with Crippen LogP contribution in [-0.4, -0.2) is 30.1 Å². The number of nitrogens with two attached hydrogens (primary N) is 2. The summed E-state index contributed by atoms with van der Waals surface area (Å²) in [7, 11) is -3.83. The van der Waals surface area contributed by atoms with E-state index in [2.05, 4.69) is 10.4 Å². The highest BCUT2D eigenvalue weighted by Gasteiger charge is 2.19. The lowest BCUT2D eigenvalue weighted by Gasteiger charge is -2.06. The Kier molecular flexibility index (Phi) is 4.84. The number of anilines is 1. The van der Waals surface area contributed by atoms with Gasteiger partial charge in [0.25, 0.3) is 5.91 Å². The standard InChI is InChI=1S/C17H14FN5O4S/c18-10-1-5-12(6-2-10)28(26,27)13-7-3-11(4-8-13)23-9-14(21-17(20)25)15(22-23)16(19)24/h1-9H,(H2,19,24)(H3,20,21,25). The van der Waals surface area contributed by atoms with Crippen molar-refractivity contribution in [3.8, 4) is 5.69 Å². The quantitative estimate of drug-likeness (QED) is 0.551. The number of hydrogen-bond acceptors (Lipinski definition) is 5. The van der Waals surface area contributed by atoms with Crippen molar-refractivity contribution in [3.63, 3.8) is 0 Å². The Bertz CT molecular complexity index is 1160. The highest BCUT2D eigenvalue weighted by Crippen LogP contribution is 2.23. The number of aromatic nitrogens is 2. The van der Waals surface area contributed by atoms with E-state index < -0.39 is 27.6 Å². The molecule has 3 amide bonds. The van der Waals surface area contributed by atoms with Gasteiger partial charge in [-0.1, -0.05) is 0 Å². The fourth-order valence-corrected chi connectivity index (χ4v) is 3.70. The average molecular weight is 403 g/mol. The number of nitrogens with one attached hydrogen (secondary N) is 1. The van der Waals surface area contributed by atoms with Gasteiger partial charge in [0.05, 0.1) is 27.4 Å². The van der Waals surface area contributed by atoms with Crippen molar-refractivity contribution in [2.75, 3.05) is 5.32 Å². The first-order chi connectivity index (χ1) is 13.2. The Balaban J connectivity index is 1.96. The van der Waals surface area contributed by atoms with E-state index in [1.165, 1.54) is 47.3 Å². The summed E-state index contributed by atoms with van der Waals surface area (Å²) in [6.07, 6.45) is 1.31. The monoisotopic (exact) mass is 403 g/mol. The van der Waals surface area contributed by atoms with Gasteiger partial charge in [0.15, 0.2) is 5.69 Å². The highest BCUT2D eigenvalue weighted by molar-refractivity contribution is 7.91. The molecule has 0 saturated heterocycles. The van der Waals surface area contributed by atoms with Gasteiger partial charge in [-0.3, -0.25) is 4.79 Å². The molecule has 0 spiro atoms. The Labute approximate surface area is 158 Å². The van der Waals surface area contributed by atoms with Crippen molar-refractivity contribution in [1.29, 1.82) is 0 Å². The Morgan fingerprint density at radius 2 is 1.50 bits per heavy atom. The summed E-state index contributed by atoms with van der Waals surface area (Å²) in [5.74, 6) is -1.42. The second kappa shape index (κ2) is 7.12. The van der Waals surface area contributed by atoms with E-state index in [4.69, 9.17) is 11.5 Å². The van der Waals surface area contributed by atoms with Crippen LogP contribution in [0.1, 0.15) is 10.5 Å². The molecule has 3 aromatic rings. The number of amides is 3. The molecular formula is C17H14FN5O4S. The van der Waals surface area contributed by atoms with E-state index in [9.17, 15) is 22.4 Å². The molecule has 11 heteroatoms. The lowest BCUT2D eigenvalue weighted by Crippen LogP contribution is -2.22. The lowest BCUT2D eigenvalue weighted by atomic mass is 10.3. The summed E-state index contributed by atoms with van der Waals surface area (Å²) in [6, 6.07) is 9.13. The number of sulfone groups is 1. The molecule has 144 valence electrons. The molecule has 0 fully saturated rings. The fraction of sp³-hybridized carbons (Fsp3) is 0. The molecule has 0 unspecified atom stereocenters. The van der Waals surface area contributed by atoms with Crippen LogP contribution in [0.25, 0.3) is 5.69 Å². The maximum Gasteiger partial charge on any atom is 0.316 e. The number of benzene rings is 2. The summed E-state index contributed by atoms with van der Waals surface area (Å²) < 4.78 is 39.4. The predicted molar refractivity (Wildman–Crippen MR) is 97.1 cm³/mol. The predicted octanol–water partition coefficient (Wildman–Crippen LogP) is 1.43. The van der Waals surface area contributed by atoms with Crippen molar-refractivity contribution >= 4 is 27.5 Å². The zero-order valence-electron chi connectivity index (χ0n) is 14.2. The third-order valence-corrected chi connectivity index (χ3v) is 5.53. The second-order valence-electron chi connectivity index (χ2n) is 5.64. The molecule has 0 aliphatic heterocycles. The van der Waals surface area contributed by atoms with Gasteiger partial charge in [0.1, 0.15) is 5.82 Å². The first kappa shape index (κ1) is 19.0. The van der Waals surface area contributed by atoms with Crippen LogP contribution in [-0.2, 0) is 9.84 Å². The van der Waals surface area contributed by atoms with Crippen LogP contribution in [0, 0.1) is 5.82 Å². The number of carbonyl (C=O) groups is 2. The molecule has 28 heavy (non-hydrogen) atoms. The molecule has 0 saturated carbocycles. The molecule has 0 aliphatic rings. The number of hydrogen-bond donors (Lipinski definition) is 3. The van der Waals surface area contributed by atoms with Crippen LogP contribution < -0.4 is 16.8 Å². The minimum absolute atomic E-state index is 0.0133. The van der Waals surface area contributed by atoms with Crippen molar-refractivity contribution < 1.29 is 22.4 Å². The van der Waals surface area contributed by atoms with E-state index in [1.807, 2.05) is 0 Å². The summed E-state index contributed by atoms with van der Waals surface area (Å²) in [6.45, 7) is 0. The zero-order chi connectivity index (χ0) is 20.5. The number of primary amides is 2. The van der Waals surface area contributed by atoms with Crippen molar-refractivity contribution in [2.24, 2.45) is 11.5 Å². The Morgan fingerprint density at radius 3 is 2.00 bits per heavy atom. The van der Waals surface area contributed by atoms with Crippen LogP contribution in [0.5, 0.6) is 0 Å². The number of urea groups is 1. The van der Waals surface area contributed by atoms with Gasteiger partial charge in [-0.2, -0.15) is 5.10 Å². The van der Waals surface area contributed by atoms with Gasteiger partial charge in [-0.25, -0.2) is 22.3 Å². The zero-order valence-corrected chi connectivity index (χ0v) is 15.0. The minimum Gasteiger partial charge on any atom is -0.364 e. The summed E-state index contributed by atoms with van der Waals surface area (Å²) >= 11 is 0. The normalized spacial score (nSPS) is 11.2. The smallest absolute Gasteiger partial charge is 0.316 e. The van der Waals surface area contributed by atoms with E-state index in [0.717, 1.165) is 12.1 Å². The topological polar surface area (TPSA) is 150 Å².